The first kappa shape index (κ1) is 18.8. The molecule has 2 heterocycles. The van der Waals surface area contributed by atoms with E-state index in [1.54, 1.807) is 49.8 Å². The molecule has 146 valence electrons. The van der Waals surface area contributed by atoms with Crippen LogP contribution in [-0.4, -0.2) is 31.6 Å². The molecule has 6 nitrogen and oxygen atoms in total. The fraction of sp³-hybridized carbons (Fsp3) is 0.250. The van der Waals surface area contributed by atoms with Crippen LogP contribution in [0.1, 0.15) is 22.9 Å². The summed E-state index contributed by atoms with van der Waals surface area (Å²) < 4.78 is 35.2. The van der Waals surface area contributed by atoms with Gasteiger partial charge in [-0.2, -0.15) is 0 Å². The van der Waals surface area contributed by atoms with E-state index in [-0.39, 0.29) is 0 Å². The Morgan fingerprint density at radius 2 is 1.93 bits per heavy atom. The van der Waals surface area contributed by atoms with Crippen molar-refractivity contribution in [2.24, 2.45) is 0 Å². The molecule has 0 saturated carbocycles. The molecule has 0 spiro atoms. The van der Waals surface area contributed by atoms with Crippen molar-refractivity contribution in [3.05, 3.63) is 71.3 Å². The van der Waals surface area contributed by atoms with E-state index < -0.39 is 15.3 Å². The topological polar surface area (TPSA) is 64.4 Å². The van der Waals surface area contributed by atoms with Crippen molar-refractivity contribution in [1.29, 1.82) is 0 Å². The van der Waals surface area contributed by atoms with E-state index in [1.165, 1.54) is 4.31 Å². The molecule has 2 aromatic carbocycles. The number of halogens is 1. The van der Waals surface area contributed by atoms with E-state index in [4.69, 9.17) is 16.3 Å². The summed E-state index contributed by atoms with van der Waals surface area (Å²) in [4.78, 5) is 4.23. The summed E-state index contributed by atoms with van der Waals surface area (Å²) in [5.74, 6) is 0.583. The van der Waals surface area contributed by atoms with Gasteiger partial charge in [-0.3, -0.25) is 4.31 Å². The predicted octanol–water partition coefficient (Wildman–Crippen LogP) is 4.12. The van der Waals surface area contributed by atoms with Gasteiger partial charge in [0.2, 0.25) is 10.0 Å². The first-order chi connectivity index (χ1) is 13.4. The number of imidazole rings is 1. The van der Waals surface area contributed by atoms with Crippen LogP contribution in [0.4, 0.5) is 5.69 Å². The molecular formula is C20H20ClN3O3S. The second kappa shape index (κ2) is 7.14. The normalized spacial score (nSPS) is 18.4. The average molecular weight is 418 g/mol. The van der Waals surface area contributed by atoms with Crippen LogP contribution in [0.3, 0.4) is 0 Å². The molecule has 3 aromatic rings. The molecule has 8 heteroatoms. The predicted molar refractivity (Wildman–Crippen MR) is 110 cm³/mol. The molecule has 1 unspecified atom stereocenters. The first-order valence-corrected chi connectivity index (χ1v) is 10.7. The fourth-order valence-electron chi connectivity index (χ4n) is 3.54. The number of aromatic nitrogens is 2. The molecule has 0 radical (unpaired) electrons. The van der Waals surface area contributed by atoms with E-state index >= 15 is 0 Å². The van der Waals surface area contributed by atoms with Gasteiger partial charge in [0, 0.05) is 23.8 Å². The van der Waals surface area contributed by atoms with Gasteiger partial charge in [-0.1, -0.05) is 23.7 Å². The molecule has 0 amide bonds. The average Bonchev–Trinajstić information content (AvgIpc) is 3.24. The van der Waals surface area contributed by atoms with Crippen molar-refractivity contribution >= 4 is 27.3 Å². The Morgan fingerprint density at radius 1 is 1.18 bits per heavy atom. The summed E-state index contributed by atoms with van der Waals surface area (Å²) in [7, 11) is -1.96. The molecule has 1 fully saturated rings. The number of aryl methyl sites for hydroxylation is 1. The zero-order valence-corrected chi connectivity index (χ0v) is 17.1. The third-order valence-electron chi connectivity index (χ3n) is 4.94. The minimum atomic E-state index is -3.53. The fourth-order valence-corrected chi connectivity index (χ4v) is 5.65. The summed E-state index contributed by atoms with van der Waals surface area (Å²) in [6, 6.07) is 12.4. The Kier molecular flexibility index (Phi) is 4.81. The molecule has 1 aromatic heterocycles. The lowest BCUT2D eigenvalue weighted by Crippen LogP contribution is -2.26. The lowest BCUT2D eigenvalue weighted by Gasteiger charge is -2.21. The van der Waals surface area contributed by atoms with Gasteiger partial charge in [0.05, 0.1) is 30.5 Å². The highest BCUT2D eigenvalue weighted by atomic mass is 35.5. The van der Waals surface area contributed by atoms with Crippen LogP contribution in [0.2, 0.25) is 5.02 Å². The number of sulfonamides is 1. The minimum Gasteiger partial charge on any atom is -0.494 e. The monoisotopic (exact) mass is 417 g/mol. The molecule has 1 aliphatic rings. The van der Waals surface area contributed by atoms with E-state index in [0.29, 0.717) is 29.4 Å². The maximum atomic E-state index is 13.2. The number of nitrogens with zero attached hydrogens (tertiary/aromatic N) is 3. The van der Waals surface area contributed by atoms with Gasteiger partial charge >= 0.3 is 0 Å². The summed E-state index contributed by atoms with van der Waals surface area (Å²) in [5, 5.41) is 0.0119. The summed E-state index contributed by atoms with van der Waals surface area (Å²) in [6.07, 6.45) is 4.12. The molecule has 1 saturated heterocycles. The molecule has 1 atom stereocenters. The van der Waals surface area contributed by atoms with Crippen molar-refractivity contribution in [1.82, 2.24) is 9.55 Å². The summed E-state index contributed by atoms with van der Waals surface area (Å²) in [5.41, 5.74) is 3.04. The molecule has 4 rings (SSSR count). The van der Waals surface area contributed by atoms with E-state index in [0.717, 1.165) is 16.9 Å². The van der Waals surface area contributed by atoms with E-state index in [2.05, 4.69) is 4.98 Å². The number of benzene rings is 2. The van der Waals surface area contributed by atoms with Gasteiger partial charge in [0.15, 0.2) is 0 Å². The molecule has 28 heavy (non-hydrogen) atoms. The van der Waals surface area contributed by atoms with Crippen molar-refractivity contribution < 1.29 is 13.2 Å². The van der Waals surface area contributed by atoms with Crippen LogP contribution in [0.25, 0.3) is 5.69 Å². The largest absolute Gasteiger partial charge is 0.494 e. The smallest absolute Gasteiger partial charge is 0.242 e. The maximum absolute atomic E-state index is 13.2. The van der Waals surface area contributed by atoms with Crippen LogP contribution >= 0.6 is 11.6 Å². The Morgan fingerprint density at radius 3 is 2.57 bits per heavy atom. The minimum absolute atomic E-state index is 0.419. The summed E-state index contributed by atoms with van der Waals surface area (Å²) >= 11 is 5.93. The zero-order valence-electron chi connectivity index (χ0n) is 15.5. The van der Waals surface area contributed by atoms with Crippen LogP contribution in [-0.2, 0) is 10.0 Å². The molecule has 0 aliphatic carbocycles. The van der Waals surface area contributed by atoms with Crippen LogP contribution in [0.15, 0.2) is 55.0 Å². The SMILES string of the molecule is COc1cc(N2CCC(c3ccc(Cl)cc3)S2(=O)=O)ccc1-n1cnc(C)c1. The standard InChI is InChI=1S/C20H20ClN3O3S/c1-14-12-23(13-22-14)18-8-7-17(11-19(18)27-2)24-10-9-20(28(24,25)26)15-3-5-16(21)6-4-15/h3-8,11-13,20H,9-10H2,1-2H3. The highest BCUT2D eigenvalue weighted by molar-refractivity contribution is 7.93. The van der Waals surface area contributed by atoms with Gasteiger partial charge in [-0.05, 0) is 43.2 Å². The van der Waals surface area contributed by atoms with Gasteiger partial charge in [-0.25, -0.2) is 13.4 Å². The Labute approximate surface area is 169 Å². The van der Waals surface area contributed by atoms with Crippen molar-refractivity contribution in [2.75, 3.05) is 18.0 Å². The number of anilines is 1. The van der Waals surface area contributed by atoms with E-state index in [9.17, 15) is 8.42 Å². The summed E-state index contributed by atoms with van der Waals surface area (Å²) in [6.45, 7) is 2.33. The van der Waals surface area contributed by atoms with E-state index in [1.807, 2.05) is 23.8 Å². The second-order valence-electron chi connectivity index (χ2n) is 6.72. The Hall–Kier alpha value is -2.51. The van der Waals surface area contributed by atoms with Gasteiger partial charge < -0.3 is 9.30 Å². The zero-order chi connectivity index (χ0) is 19.9. The van der Waals surface area contributed by atoms with Crippen LogP contribution in [0.5, 0.6) is 5.75 Å². The Balaban J connectivity index is 1.68. The number of methoxy groups -OCH3 is 1. The van der Waals surface area contributed by atoms with Crippen LogP contribution < -0.4 is 9.04 Å². The highest BCUT2D eigenvalue weighted by Gasteiger charge is 2.40. The molecule has 0 N–H and O–H groups in total. The molecule has 1 aliphatic heterocycles. The van der Waals surface area contributed by atoms with Crippen molar-refractivity contribution in [3.8, 4) is 11.4 Å². The number of rotatable bonds is 4. The number of hydrogen-bond donors (Lipinski definition) is 0. The molecule has 0 bridgehead atoms. The van der Waals surface area contributed by atoms with Crippen LogP contribution in [0, 0.1) is 6.92 Å². The first-order valence-electron chi connectivity index (χ1n) is 8.86. The van der Waals surface area contributed by atoms with Crippen molar-refractivity contribution in [2.45, 2.75) is 18.6 Å². The second-order valence-corrected chi connectivity index (χ2v) is 9.20. The number of hydrogen-bond acceptors (Lipinski definition) is 4. The maximum Gasteiger partial charge on any atom is 0.242 e. The third-order valence-corrected chi connectivity index (χ3v) is 7.43. The quantitative estimate of drug-likeness (QED) is 0.640. The van der Waals surface area contributed by atoms with Gasteiger partial charge in [0.1, 0.15) is 11.0 Å². The lowest BCUT2D eigenvalue weighted by molar-refractivity contribution is 0.413. The van der Waals surface area contributed by atoms with Crippen molar-refractivity contribution in [3.63, 3.8) is 0 Å². The third kappa shape index (κ3) is 3.25. The molecular weight excluding hydrogens is 398 g/mol. The Bertz CT molecular complexity index is 1110. The highest BCUT2D eigenvalue weighted by Crippen LogP contribution is 2.40. The van der Waals surface area contributed by atoms with Gasteiger partial charge in [0.25, 0.3) is 0 Å². The number of ether oxygens (including phenoxy) is 1. The lowest BCUT2D eigenvalue weighted by atomic mass is 10.1. The van der Waals surface area contributed by atoms with Gasteiger partial charge in [-0.15, -0.1) is 0 Å².